The van der Waals surface area contributed by atoms with E-state index in [1.807, 2.05) is 6.07 Å². The fourth-order valence-electron chi connectivity index (χ4n) is 2.65. The van der Waals surface area contributed by atoms with Gasteiger partial charge in [0.15, 0.2) is 0 Å². The number of ether oxygens (including phenoxy) is 1. The fraction of sp³-hybridized carbons (Fsp3) is 0.429. The van der Waals surface area contributed by atoms with Gasteiger partial charge in [0.1, 0.15) is 12.4 Å². The lowest BCUT2D eigenvalue weighted by molar-refractivity contribution is 0.302. The van der Waals surface area contributed by atoms with E-state index in [1.165, 1.54) is 42.4 Å². The van der Waals surface area contributed by atoms with E-state index < -0.39 is 0 Å². The van der Waals surface area contributed by atoms with Crippen molar-refractivity contribution in [1.29, 1.82) is 0 Å². The average Bonchev–Trinajstić information content (AvgIpc) is 2.57. The summed E-state index contributed by atoms with van der Waals surface area (Å²) >= 11 is 0. The summed E-state index contributed by atoms with van der Waals surface area (Å²) in [5, 5.41) is 3.53. The molecule has 0 aliphatic heterocycles. The van der Waals surface area contributed by atoms with E-state index >= 15 is 0 Å². The van der Waals surface area contributed by atoms with Gasteiger partial charge in [0, 0.05) is 12.1 Å². The summed E-state index contributed by atoms with van der Waals surface area (Å²) in [7, 11) is 0. The molecule has 0 spiro atoms. The molecule has 0 fully saturated rings. The third kappa shape index (κ3) is 6.45. The largest absolute Gasteiger partial charge is 0.489 e. The van der Waals surface area contributed by atoms with Crippen LogP contribution in [0, 0.1) is 6.92 Å². The van der Waals surface area contributed by atoms with Crippen molar-refractivity contribution in [3.8, 4) is 5.75 Å². The highest BCUT2D eigenvalue weighted by Gasteiger charge is 2.03. The molecule has 23 heavy (non-hydrogen) atoms. The lowest BCUT2D eigenvalue weighted by Gasteiger charge is -2.12. The van der Waals surface area contributed by atoms with Crippen LogP contribution in [0.1, 0.15) is 49.3 Å². The Balaban J connectivity index is 1.82. The average molecular weight is 311 g/mol. The number of rotatable bonds is 10. The third-order valence-electron chi connectivity index (χ3n) is 3.97. The van der Waals surface area contributed by atoms with E-state index in [2.05, 4.69) is 61.6 Å². The maximum atomic E-state index is 6.03. The zero-order valence-corrected chi connectivity index (χ0v) is 14.5. The Hall–Kier alpha value is -1.80. The molecule has 1 N–H and O–H groups in total. The summed E-state index contributed by atoms with van der Waals surface area (Å²) in [6.45, 7) is 6.92. The van der Waals surface area contributed by atoms with Crippen LogP contribution in [0.15, 0.2) is 48.5 Å². The van der Waals surface area contributed by atoms with Crippen molar-refractivity contribution in [3.05, 3.63) is 65.2 Å². The fourth-order valence-corrected chi connectivity index (χ4v) is 2.65. The lowest BCUT2D eigenvalue weighted by Crippen LogP contribution is -2.15. The van der Waals surface area contributed by atoms with Gasteiger partial charge in [-0.25, -0.2) is 0 Å². The monoisotopic (exact) mass is 311 g/mol. The first-order chi connectivity index (χ1) is 11.3. The summed E-state index contributed by atoms with van der Waals surface area (Å²) in [6.07, 6.45) is 5.18. The number of aryl methyl sites for hydroxylation is 1. The lowest BCUT2D eigenvalue weighted by atomic mass is 10.1. The quantitative estimate of drug-likeness (QED) is 0.606. The zero-order chi connectivity index (χ0) is 16.3. The summed E-state index contributed by atoms with van der Waals surface area (Å²) in [5.74, 6) is 0.982. The van der Waals surface area contributed by atoms with Gasteiger partial charge >= 0.3 is 0 Å². The summed E-state index contributed by atoms with van der Waals surface area (Å²) in [5.41, 5.74) is 3.72. The molecule has 0 aliphatic rings. The van der Waals surface area contributed by atoms with Gasteiger partial charge < -0.3 is 10.1 Å². The number of nitrogens with one attached hydrogen (secondary N) is 1. The minimum Gasteiger partial charge on any atom is -0.489 e. The van der Waals surface area contributed by atoms with Crippen molar-refractivity contribution < 1.29 is 4.74 Å². The minimum atomic E-state index is 0.620. The third-order valence-corrected chi connectivity index (χ3v) is 3.97. The molecule has 2 rings (SSSR count). The maximum Gasteiger partial charge on any atom is 0.124 e. The van der Waals surface area contributed by atoms with Crippen LogP contribution in [-0.4, -0.2) is 6.54 Å². The molecule has 0 saturated carbocycles. The van der Waals surface area contributed by atoms with Crippen LogP contribution in [0.3, 0.4) is 0 Å². The second kappa shape index (κ2) is 10.1. The molecule has 0 atom stereocenters. The highest BCUT2D eigenvalue weighted by molar-refractivity contribution is 5.33. The van der Waals surface area contributed by atoms with Gasteiger partial charge in [-0.15, -0.1) is 0 Å². The van der Waals surface area contributed by atoms with Crippen molar-refractivity contribution in [3.63, 3.8) is 0 Å². The smallest absolute Gasteiger partial charge is 0.124 e. The Morgan fingerprint density at radius 3 is 2.65 bits per heavy atom. The molecule has 0 radical (unpaired) electrons. The van der Waals surface area contributed by atoms with E-state index in [9.17, 15) is 0 Å². The highest BCUT2D eigenvalue weighted by atomic mass is 16.5. The van der Waals surface area contributed by atoms with Crippen LogP contribution in [-0.2, 0) is 13.2 Å². The second-order valence-corrected chi connectivity index (χ2v) is 6.12. The molecule has 0 heterocycles. The number of para-hydroxylation sites is 1. The summed E-state index contributed by atoms with van der Waals surface area (Å²) in [6, 6.07) is 16.8. The van der Waals surface area contributed by atoms with Crippen LogP contribution in [0.5, 0.6) is 5.75 Å². The Labute approximate surface area is 140 Å². The number of hydrogen-bond acceptors (Lipinski definition) is 2. The molecule has 124 valence electrons. The van der Waals surface area contributed by atoms with E-state index in [0.29, 0.717) is 6.61 Å². The van der Waals surface area contributed by atoms with Gasteiger partial charge in [-0.2, -0.15) is 0 Å². The van der Waals surface area contributed by atoms with Crippen molar-refractivity contribution in [1.82, 2.24) is 5.32 Å². The summed E-state index contributed by atoms with van der Waals surface area (Å²) < 4.78 is 6.03. The van der Waals surface area contributed by atoms with Crippen LogP contribution >= 0.6 is 0 Å². The standard InChI is InChI=1S/C21H29NO/c1-3-4-5-8-14-22-16-20-12-6-7-13-21(20)23-17-19-11-9-10-18(2)15-19/h6-7,9-13,15,22H,3-5,8,14,16-17H2,1-2H3. The van der Waals surface area contributed by atoms with E-state index in [-0.39, 0.29) is 0 Å². The molecule has 0 amide bonds. The zero-order valence-electron chi connectivity index (χ0n) is 14.5. The van der Waals surface area contributed by atoms with Gasteiger partial charge in [-0.1, -0.05) is 74.2 Å². The van der Waals surface area contributed by atoms with Gasteiger partial charge in [0.05, 0.1) is 0 Å². The molecule has 0 aliphatic carbocycles. The van der Waals surface area contributed by atoms with E-state index in [4.69, 9.17) is 4.74 Å². The molecule has 0 saturated heterocycles. The predicted octanol–water partition coefficient (Wildman–Crippen LogP) is 5.24. The molecular weight excluding hydrogens is 282 g/mol. The first-order valence-corrected chi connectivity index (χ1v) is 8.76. The highest BCUT2D eigenvalue weighted by Crippen LogP contribution is 2.19. The van der Waals surface area contributed by atoms with Gasteiger partial charge in [-0.3, -0.25) is 0 Å². The maximum absolute atomic E-state index is 6.03. The Morgan fingerprint density at radius 1 is 0.957 bits per heavy atom. The molecule has 2 heteroatoms. The Morgan fingerprint density at radius 2 is 1.83 bits per heavy atom. The van der Waals surface area contributed by atoms with Crippen molar-refractivity contribution in [2.45, 2.75) is 52.7 Å². The normalized spacial score (nSPS) is 10.7. The molecule has 0 unspecified atom stereocenters. The van der Waals surface area contributed by atoms with Crippen molar-refractivity contribution >= 4 is 0 Å². The second-order valence-electron chi connectivity index (χ2n) is 6.12. The van der Waals surface area contributed by atoms with Crippen molar-refractivity contribution in [2.75, 3.05) is 6.54 Å². The minimum absolute atomic E-state index is 0.620. The first kappa shape index (κ1) is 17.6. The van der Waals surface area contributed by atoms with Gasteiger partial charge in [0.2, 0.25) is 0 Å². The molecular formula is C21H29NO. The Kier molecular flexibility index (Phi) is 7.68. The number of unbranched alkanes of at least 4 members (excludes halogenated alkanes) is 3. The van der Waals surface area contributed by atoms with Crippen LogP contribution in [0.25, 0.3) is 0 Å². The molecule has 0 aromatic heterocycles. The molecule has 0 bridgehead atoms. The van der Waals surface area contributed by atoms with Crippen molar-refractivity contribution in [2.24, 2.45) is 0 Å². The summed E-state index contributed by atoms with van der Waals surface area (Å²) in [4.78, 5) is 0. The molecule has 2 aromatic rings. The molecule has 2 nitrogen and oxygen atoms in total. The number of hydrogen-bond donors (Lipinski definition) is 1. The van der Waals surface area contributed by atoms with E-state index in [1.54, 1.807) is 0 Å². The van der Waals surface area contributed by atoms with Gasteiger partial charge in [-0.05, 0) is 31.5 Å². The van der Waals surface area contributed by atoms with E-state index in [0.717, 1.165) is 18.8 Å². The Bertz CT molecular complexity index is 580. The SMILES string of the molecule is CCCCCCNCc1ccccc1OCc1cccc(C)c1. The topological polar surface area (TPSA) is 21.3 Å². The van der Waals surface area contributed by atoms with Crippen LogP contribution < -0.4 is 10.1 Å². The predicted molar refractivity (Wildman–Crippen MR) is 97.8 cm³/mol. The first-order valence-electron chi connectivity index (χ1n) is 8.76. The molecule has 2 aromatic carbocycles. The van der Waals surface area contributed by atoms with Gasteiger partial charge in [0.25, 0.3) is 0 Å². The number of benzene rings is 2. The van der Waals surface area contributed by atoms with Crippen LogP contribution in [0.4, 0.5) is 0 Å². The van der Waals surface area contributed by atoms with Crippen LogP contribution in [0.2, 0.25) is 0 Å².